The van der Waals surface area contributed by atoms with Gasteiger partial charge in [-0.05, 0) is 55.0 Å². The van der Waals surface area contributed by atoms with Gasteiger partial charge in [-0.1, -0.05) is 24.9 Å². The Labute approximate surface area is 211 Å². The number of aromatic nitrogens is 2. The smallest absolute Gasteiger partial charge is 0.416 e. The molecule has 1 aromatic heterocycles. The van der Waals surface area contributed by atoms with E-state index in [0.29, 0.717) is 11.1 Å². The number of hydrogen-bond acceptors (Lipinski definition) is 7. The number of carboxylic acid groups (broad SMARTS) is 1. The van der Waals surface area contributed by atoms with Crippen LogP contribution in [0.1, 0.15) is 48.5 Å². The van der Waals surface area contributed by atoms with Gasteiger partial charge >= 0.3 is 18.2 Å². The van der Waals surface area contributed by atoms with E-state index in [4.69, 9.17) is 14.3 Å². The molecule has 3 rings (SSSR count). The van der Waals surface area contributed by atoms with Crippen molar-refractivity contribution in [2.24, 2.45) is 0 Å². The van der Waals surface area contributed by atoms with E-state index in [-0.39, 0.29) is 43.5 Å². The van der Waals surface area contributed by atoms with Crippen LogP contribution in [-0.4, -0.2) is 46.4 Å². The molecular weight excluding hydrogens is 493 g/mol. The highest BCUT2D eigenvalue weighted by molar-refractivity contribution is 5.94. The molecule has 0 radical (unpaired) electrons. The Bertz CT molecular complexity index is 1160. The van der Waals surface area contributed by atoms with Gasteiger partial charge in [0.05, 0.1) is 18.0 Å². The van der Waals surface area contributed by atoms with Crippen LogP contribution >= 0.6 is 0 Å². The van der Waals surface area contributed by atoms with Gasteiger partial charge in [0.2, 0.25) is 0 Å². The first-order chi connectivity index (χ1) is 17.7. The maximum atomic E-state index is 12.8. The lowest BCUT2D eigenvalue weighted by molar-refractivity contribution is -0.138. The van der Waals surface area contributed by atoms with Crippen molar-refractivity contribution in [3.05, 3.63) is 59.7 Å². The average Bonchev–Trinajstić information content (AvgIpc) is 3.34. The normalized spacial score (nSPS) is 12.1. The third-order valence-electron chi connectivity index (χ3n) is 5.32. The number of ether oxygens (including phenoxy) is 1. The summed E-state index contributed by atoms with van der Waals surface area (Å²) in [6, 6.07) is 11.0. The Morgan fingerprint density at radius 1 is 1.08 bits per heavy atom. The molecule has 12 heteroatoms. The number of rotatable bonds is 13. The number of carboxylic acids is 1. The van der Waals surface area contributed by atoms with Gasteiger partial charge in [-0.25, -0.2) is 0 Å². The molecule has 0 saturated heterocycles. The average molecular weight is 521 g/mol. The summed E-state index contributed by atoms with van der Waals surface area (Å²) in [5.41, 5.74) is 0.716. The van der Waals surface area contributed by atoms with Gasteiger partial charge in [-0.2, -0.15) is 13.2 Å². The molecule has 0 saturated carbocycles. The van der Waals surface area contributed by atoms with E-state index in [1.54, 1.807) is 24.3 Å². The second-order valence-corrected chi connectivity index (χ2v) is 8.22. The first-order valence-corrected chi connectivity index (χ1v) is 11.7. The van der Waals surface area contributed by atoms with Crippen LogP contribution in [0.3, 0.4) is 0 Å². The number of nitrogens with one attached hydrogen (secondary N) is 2. The van der Waals surface area contributed by atoms with E-state index in [9.17, 15) is 22.8 Å². The van der Waals surface area contributed by atoms with Crippen molar-refractivity contribution in [1.29, 1.82) is 0 Å². The molecule has 0 aliphatic heterocycles. The van der Waals surface area contributed by atoms with E-state index in [1.165, 1.54) is 12.1 Å². The zero-order chi connectivity index (χ0) is 26.8. The van der Waals surface area contributed by atoms with Crippen LogP contribution in [0.4, 0.5) is 18.9 Å². The third kappa shape index (κ3) is 8.51. The fourth-order valence-corrected chi connectivity index (χ4v) is 3.34. The predicted molar refractivity (Wildman–Crippen MR) is 128 cm³/mol. The number of unbranched alkanes of at least 4 members (excludes halogenated alkanes) is 1. The number of alkyl halides is 3. The third-order valence-corrected chi connectivity index (χ3v) is 5.32. The number of anilines is 1. The Morgan fingerprint density at radius 2 is 1.78 bits per heavy atom. The largest absolute Gasteiger partial charge is 0.481 e. The van der Waals surface area contributed by atoms with Crippen molar-refractivity contribution in [3.63, 3.8) is 0 Å². The van der Waals surface area contributed by atoms with Gasteiger partial charge in [0, 0.05) is 23.4 Å². The van der Waals surface area contributed by atoms with E-state index >= 15 is 0 Å². The topological polar surface area (TPSA) is 127 Å². The minimum Gasteiger partial charge on any atom is -0.481 e. The van der Waals surface area contributed by atoms with E-state index in [1.807, 2.05) is 0 Å². The first-order valence-electron chi connectivity index (χ1n) is 11.7. The Balaban J connectivity index is 1.57. The minimum absolute atomic E-state index is 0.0408. The molecule has 2 aromatic carbocycles. The lowest BCUT2D eigenvalue weighted by atomic mass is 10.1. The molecule has 0 aliphatic rings. The Kier molecular flexibility index (Phi) is 9.47. The summed E-state index contributed by atoms with van der Waals surface area (Å²) in [7, 11) is 0. The van der Waals surface area contributed by atoms with Crippen LogP contribution < -0.4 is 15.4 Å². The molecule has 9 nitrogen and oxygen atoms in total. The molecule has 37 heavy (non-hydrogen) atoms. The van der Waals surface area contributed by atoms with Crippen molar-refractivity contribution < 1.29 is 37.0 Å². The highest BCUT2D eigenvalue weighted by Crippen LogP contribution is 2.31. The Hall–Kier alpha value is -4.09. The fourth-order valence-electron chi connectivity index (χ4n) is 3.34. The number of aliphatic carboxylic acids is 1. The molecule has 1 heterocycles. The second-order valence-electron chi connectivity index (χ2n) is 8.22. The van der Waals surface area contributed by atoms with Crippen molar-refractivity contribution in [2.75, 3.05) is 18.5 Å². The molecule has 198 valence electrons. The van der Waals surface area contributed by atoms with Gasteiger partial charge in [-0.15, -0.1) is 5.10 Å². The van der Waals surface area contributed by atoms with Crippen LogP contribution in [0.2, 0.25) is 0 Å². The molecule has 1 atom stereocenters. The highest BCUT2D eigenvalue weighted by atomic mass is 19.4. The number of amides is 1. The van der Waals surface area contributed by atoms with Gasteiger partial charge in [0.15, 0.2) is 0 Å². The monoisotopic (exact) mass is 520 g/mol. The molecule has 0 unspecified atom stereocenters. The highest BCUT2D eigenvalue weighted by Gasteiger charge is 2.30. The Morgan fingerprint density at radius 3 is 2.41 bits per heavy atom. The molecule has 3 N–H and O–H groups in total. The van der Waals surface area contributed by atoms with E-state index in [0.717, 1.165) is 37.1 Å². The number of nitrogens with zero attached hydrogens (tertiary/aromatic N) is 2. The molecular formula is C25H27F3N4O5. The van der Waals surface area contributed by atoms with Gasteiger partial charge < -0.3 is 24.9 Å². The maximum absolute atomic E-state index is 12.8. The zero-order valence-corrected chi connectivity index (χ0v) is 20.0. The number of hydrogen-bond donors (Lipinski definition) is 3. The molecule has 0 aliphatic carbocycles. The predicted octanol–water partition coefficient (Wildman–Crippen LogP) is 5.01. The summed E-state index contributed by atoms with van der Waals surface area (Å²) >= 11 is 0. The minimum atomic E-state index is -4.43. The quantitative estimate of drug-likeness (QED) is 0.287. The lowest BCUT2D eigenvalue weighted by Gasteiger charge is -2.19. The van der Waals surface area contributed by atoms with Gasteiger partial charge in [0.25, 0.3) is 11.8 Å². The van der Waals surface area contributed by atoms with E-state index in [2.05, 4.69) is 27.8 Å². The molecule has 1 amide bonds. The summed E-state index contributed by atoms with van der Waals surface area (Å²) < 4.78 is 49.4. The molecule has 0 fully saturated rings. The lowest BCUT2D eigenvalue weighted by Crippen LogP contribution is -2.27. The number of carbonyl (C=O) groups is 2. The molecule has 0 spiro atoms. The van der Waals surface area contributed by atoms with E-state index < -0.39 is 17.7 Å². The van der Waals surface area contributed by atoms with Crippen LogP contribution in [0, 0.1) is 0 Å². The van der Waals surface area contributed by atoms with Crippen LogP contribution in [-0.2, 0) is 11.0 Å². The summed E-state index contributed by atoms with van der Waals surface area (Å²) in [6.07, 6.45) is -2.04. The summed E-state index contributed by atoms with van der Waals surface area (Å²) in [6.45, 7) is 2.29. The van der Waals surface area contributed by atoms with Crippen molar-refractivity contribution in [3.8, 4) is 17.5 Å². The summed E-state index contributed by atoms with van der Waals surface area (Å²) in [5.74, 6) is -1.31. The van der Waals surface area contributed by atoms with Crippen molar-refractivity contribution in [2.45, 2.75) is 44.8 Å². The SMILES string of the molecule is CCCC[C@@H](COc1nnc(-c2ccc(C(F)(F)F)cc2)o1)Nc1ccc(C(=O)NCCC(=O)O)cc1. The molecule has 0 bridgehead atoms. The van der Waals surface area contributed by atoms with Crippen LogP contribution in [0.5, 0.6) is 6.08 Å². The standard InChI is InChI=1S/C25H27F3N4O5/c1-2-3-4-20(30-19-11-7-16(8-12-19)22(35)29-14-13-21(33)34)15-36-24-32-31-23(37-24)17-5-9-18(10-6-17)25(26,27)28/h5-12,20,30H,2-4,13-15H2,1H3,(H,29,35)(H,33,34)/t20-/m0/s1. The number of benzene rings is 2. The maximum Gasteiger partial charge on any atom is 0.416 e. The summed E-state index contributed by atoms with van der Waals surface area (Å²) in [5, 5.41) is 22.2. The number of carbonyl (C=O) groups excluding carboxylic acids is 1. The second kappa shape index (κ2) is 12.7. The van der Waals surface area contributed by atoms with Crippen molar-refractivity contribution in [1.82, 2.24) is 15.5 Å². The number of halogens is 3. The van der Waals surface area contributed by atoms with Crippen LogP contribution in [0.25, 0.3) is 11.5 Å². The first kappa shape index (κ1) is 27.5. The van der Waals surface area contributed by atoms with Gasteiger partial charge in [-0.3, -0.25) is 9.59 Å². The zero-order valence-electron chi connectivity index (χ0n) is 20.0. The van der Waals surface area contributed by atoms with Crippen LogP contribution in [0.15, 0.2) is 52.9 Å². The summed E-state index contributed by atoms with van der Waals surface area (Å²) in [4.78, 5) is 22.7. The molecule has 3 aromatic rings. The van der Waals surface area contributed by atoms with Gasteiger partial charge in [0.1, 0.15) is 6.61 Å². The van der Waals surface area contributed by atoms with Crippen molar-refractivity contribution >= 4 is 17.6 Å². The fraction of sp³-hybridized carbons (Fsp3) is 0.360.